The number of nitrogens with one attached hydrogen (secondary N) is 1. The lowest BCUT2D eigenvalue weighted by molar-refractivity contribution is 0.386. The molecule has 0 aliphatic rings. The smallest absolute Gasteiger partial charge is 0.165 e. The highest BCUT2D eigenvalue weighted by molar-refractivity contribution is 6.39. The SMILES string of the molecule is COc1ccc(CNc2cc(Cl)c(N=CN(C)C)c(Cl)c2)cc1F. The Morgan fingerprint density at radius 1 is 1.21 bits per heavy atom. The Morgan fingerprint density at radius 2 is 1.88 bits per heavy atom. The van der Waals surface area contributed by atoms with Gasteiger partial charge in [0.05, 0.1) is 23.5 Å². The van der Waals surface area contributed by atoms with E-state index in [1.807, 2.05) is 14.1 Å². The third kappa shape index (κ3) is 4.76. The van der Waals surface area contributed by atoms with E-state index in [-0.39, 0.29) is 5.75 Å². The Bertz CT molecular complexity index is 728. The average molecular weight is 370 g/mol. The summed E-state index contributed by atoms with van der Waals surface area (Å²) >= 11 is 12.5. The largest absolute Gasteiger partial charge is 0.494 e. The van der Waals surface area contributed by atoms with E-state index in [0.717, 1.165) is 11.3 Å². The van der Waals surface area contributed by atoms with Crippen molar-refractivity contribution in [2.75, 3.05) is 26.5 Å². The first-order valence-corrected chi connectivity index (χ1v) is 7.92. The van der Waals surface area contributed by atoms with Gasteiger partial charge in [0.15, 0.2) is 11.6 Å². The van der Waals surface area contributed by atoms with Crippen LogP contribution in [0, 0.1) is 5.82 Å². The number of hydrogen-bond acceptors (Lipinski definition) is 3. The second-order valence-electron chi connectivity index (χ2n) is 5.32. The van der Waals surface area contributed by atoms with E-state index in [0.29, 0.717) is 22.3 Å². The number of ether oxygens (including phenoxy) is 1. The molecule has 0 saturated heterocycles. The summed E-state index contributed by atoms with van der Waals surface area (Å²) in [5.41, 5.74) is 2.01. The van der Waals surface area contributed by atoms with Crippen LogP contribution in [0.5, 0.6) is 5.75 Å². The maximum atomic E-state index is 13.7. The summed E-state index contributed by atoms with van der Waals surface area (Å²) in [6.45, 7) is 0.424. The van der Waals surface area contributed by atoms with Crippen LogP contribution in [0.4, 0.5) is 15.8 Å². The fourth-order valence-corrected chi connectivity index (χ4v) is 2.57. The van der Waals surface area contributed by atoms with Crippen molar-refractivity contribution in [3.63, 3.8) is 0 Å². The normalized spacial score (nSPS) is 10.9. The van der Waals surface area contributed by atoms with E-state index in [9.17, 15) is 4.39 Å². The molecule has 0 saturated carbocycles. The first kappa shape index (κ1) is 18.4. The summed E-state index contributed by atoms with van der Waals surface area (Å²) in [6.07, 6.45) is 1.63. The van der Waals surface area contributed by atoms with Crippen molar-refractivity contribution in [1.82, 2.24) is 4.90 Å². The van der Waals surface area contributed by atoms with Crippen molar-refractivity contribution in [2.24, 2.45) is 4.99 Å². The molecule has 2 aromatic rings. The van der Waals surface area contributed by atoms with Gasteiger partial charge in [-0.05, 0) is 29.8 Å². The fraction of sp³-hybridized carbons (Fsp3) is 0.235. The molecule has 0 heterocycles. The van der Waals surface area contributed by atoms with Crippen LogP contribution in [-0.2, 0) is 6.54 Å². The van der Waals surface area contributed by atoms with E-state index < -0.39 is 5.82 Å². The minimum atomic E-state index is -0.402. The molecule has 0 spiro atoms. The molecule has 0 atom stereocenters. The zero-order valence-corrected chi connectivity index (χ0v) is 15.1. The molecule has 1 N–H and O–H groups in total. The van der Waals surface area contributed by atoms with Crippen LogP contribution in [0.25, 0.3) is 0 Å². The van der Waals surface area contributed by atoms with Crippen molar-refractivity contribution in [1.29, 1.82) is 0 Å². The van der Waals surface area contributed by atoms with Gasteiger partial charge in [-0.1, -0.05) is 29.3 Å². The maximum Gasteiger partial charge on any atom is 0.165 e. The monoisotopic (exact) mass is 369 g/mol. The number of nitrogens with zero attached hydrogens (tertiary/aromatic N) is 2. The van der Waals surface area contributed by atoms with Gasteiger partial charge in [-0.15, -0.1) is 0 Å². The lowest BCUT2D eigenvalue weighted by Crippen LogP contribution is -2.07. The molecular weight excluding hydrogens is 352 g/mol. The van der Waals surface area contributed by atoms with Crippen molar-refractivity contribution in [2.45, 2.75) is 6.54 Å². The molecule has 0 fully saturated rings. The van der Waals surface area contributed by atoms with Crippen LogP contribution >= 0.6 is 23.2 Å². The zero-order chi connectivity index (χ0) is 17.7. The molecule has 0 unspecified atom stereocenters. The number of rotatable bonds is 6. The first-order chi connectivity index (χ1) is 11.4. The lowest BCUT2D eigenvalue weighted by Gasteiger charge is -2.11. The Balaban J connectivity index is 2.12. The number of hydrogen-bond donors (Lipinski definition) is 1. The molecule has 24 heavy (non-hydrogen) atoms. The van der Waals surface area contributed by atoms with Gasteiger partial charge in [0.1, 0.15) is 5.69 Å². The third-order valence-corrected chi connectivity index (χ3v) is 3.72. The van der Waals surface area contributed by atoms with Crippen molar-refractivity contribution in [3.8, 4) is 5.75 Å². The van der Waals surface area contributed by atoms with Gasteiger partial charge in [0.2, 0.25) is 0 Å². The van der Waals surface area contributed by atoms with Gasteiger partial charge < -0.3 is 15.0 Å². The quantitative estimate of drug-likeness (QED) is 0.576. The number of halogens is 3. The summed E-state index contributed by atoms with van der Waals surface area (Å²) in [5, 5.41) is 4.03. The Labute approximate surface area is 150 Å². The molecule has 0 aliphatic carbocycles. The van der Waals surface area contributed by atoms with Crippen LogP contribution in [-0.4, -0.2) is 32.4 Å². The topological polar surface area (TPSA) is 36.9 Å². The molecule has 0 bridgehead atoms. The second kappa shape index (κ2) is 8.22. The van der Waals surface area contributed by atoms with Gasteiger partial charge in [-0.2, -0.15) is 0 Å². The van der Waals surface area contributed by atoms with Crippen LogP contribution in [0.15, 0.2) is 35.3 Å². The Kier molecular flexibility index (Phi) is 6.29. The van der Waals surface area contributed by atoms with Gasteiger partial charge in [-0.25, -0.2) is 9.38 Å². The number of aliphatic imine (C=N–C) groups is 1. The minimum Gasteiger partial charge on any atom is -0.494 e. The van der Waals surface area contributed by atoms with Crippen molar-refractivity contribution in [3.05, 3.63) is 51.8 Å². The van der Waals surface area contributed by atoms with Gasteiger partial charge in [0, 0.05) is 26.3 Å². The standard InChI is InChI=1S/C17H18Cl2FN3O/c1-23(2)10-22-17-13(18)7-12(8-14(17)19)21-9-11-4-5-16(24-3)15(20)6-11/h4-8,10,21H,9H2,1-3H3. The third-order valence-electron chi connectivity index (χ3n) is 3.15. The van der Waals surface area contributed by atoms with Crippen LogP contribution < -0.4 is 10.1 Å². The van der Waals surface area contributed by atoms with E-state index in [1.54, 1.807) is 35.5 Å². The van der Waals surface area contributed by atoms with E-state index in [4.69, 9.17) is 27.9 Å². The second-order valence-corrected chi connectivity index (χ2v) is 6.13. The number of methoxy groups -OCH3 is 1. The van der Waals surface area contributed by atoms with Gasteiger partial charge in [0.25, 0.3) is 0 Å². The summed E-state index contributed by atoms with van der Waals surface area (Å²) in [4.78, 5) is 6.03. The maximum absolute atomic E-state index is 13.7. The van der Waals surface area contributed by atoms with Gasteiger partial charge in [-0.3, -0.25) is 0 Å². The molecule has 0 aliphatic heterocycles. The molecule has 128 valence electrons. The first-order valence-electron chi connectivity index (χ1n) is 7.16. The van der Waals surface area contributed by atoms with E-state index in [1.165, 1.54) is 13.2 Å². The zero-order valence-electron chi connectivity index (χ0n) is 13.6. The van der Waals surface area contributed by atoms with Gasteiger partial charge >= 0.3 is 0 Å². The fourth-order valence-electron chi connectivity index (χ4n) is 1.99. The summed E-state index contributed by atoms with van der Waals surface area (Å²) in [5.74, 6) is -0.186. The van der Waals surface area contributed by atoms with Crippen molar-refractivity contribution < 1.29 is 9.13 Å². The Morgan fingerprint density at radius 3 is 2.42 bits per heavy atom. The molecule has 0 radical (unpaired) electrons. The average Bonchev–Trinajstić information content (AvgIpc) is 2.52. The highest BCUT2D eigenvalue weighted by atomic mass is 35.5. The van der Waals surface area contributed by atoms with E-state index >= 15 is 0 Å². The highest BCUT2D eigenvalue weighted by Crippen LogP contribution is 2.36. The van der Waals surface area contributed by atoms with Crippen LogP contribution in [0.2, 0.25) is 10.0 Å². The minimum absolute atomic E-state index is 0.216. The molecule has 2 aromatic carbocycles. The molecule has 2 rings (SSSR count). The summed E-state index contributed by atoms with van der Waals surface area (Å²) < 4.78 is 18.6. The van der Waals surface area contributed by atoms with Crippen LogP contribution in [0.1, 0.15) is 5.56 Å². The molecule has 7 heteroatoms. The predicted octanol–water partition coefficient (Wildman–Crippen LogP) is 4.97. The Hall–Kier alpha value is -1.98. The molecule has 4 nitrogen and oxygen atoms in total. The molecule has 0 amide bonds. The van der Waals surface area contributed by atoms with E-state index in [2.05, 4.69) is 10.3 Å². The predicted molar refractivity (Wildman–Crippen MR) is 98.6 cm³/mol. The highest BCUT2D eigenvalue weighted by Gasteiger charge is 2.08. The van der Waals surface area contributed by atoms with Crippen LogP contribution in [0.3, 0.4) is 0 Å². The summed E-state index contributed by atoms with van der Waals surface area (Å²) in [7, 11) is 5.14. The number of benzene rings is 2. The van der Waals surface area contributed by atoms with Crippen molar-refractivity contribution >= 4 is 40.9 Å². The summed E-state index contributed by atoms with van der Waals surface area (Å²) in [6, 6.07) is 8.26. The number of anilines is 1. The molecular formula is C17H18Cl2FN3O. The molecule has 0 aromatic heterocycles. The lowest BCUT2D eigenvalue weighted by atomic mass is 10.2.